The van der Waals surface area contributed by atoms with E-state index in [0.717, 1.165) is 5.69 Å². The molecule has 3 aromatic rings. The fourth-order valence-corrected chi connectivity index (χ4v) is 3.84. The summed E-state index contributed by atoms with van der Waals surface area (Å²) in [6.45, 7) is 1.78. The van der Waals surface area contributed by atoms with Crippen LogP contribution in [0.3, 0.4) is 0 Å². The number of likely N-dealkylation sites (tertiary alicyclic amines) is 1. The lowest BCUT2D eigenvalue weighted by Crippen LogP contribution is -2.38. The van der Waals surface area contributed by atoms with Gasteiger partial charge < -0.3 is 4.90 Å². The molecule has 0 radical (unpaired) electrons. The molecule has 11 heteroatoms. The highest BCUT2D eigenvalue weighted by Crippen LogP contribution is 2.38. The van der Waals surface area contributed by atoms with E-state index in [1.807, 2.05) is 30.3 Å². The van der Waals surface area contributed by atoms with Gasteiger partial charge in [-0.25, -0.2) is 14.6 Å². The van der Waals surface area contributed by atoms with E-state index in [0.29, 0.717) is 24.6 Å². The van der Waals surface area contributed by atoms with Crippen LogP contribution in [0.4, 0.5) is 19.1 Å². The van der Waals surface area contributed by atoms with Crippen molar-refractivity contribution in [1.29, 1.82) is 0 Å². The number of amides is 2. The Balaban J connectivity index is 1.48. The lowest BCUT2D eigenvalue weighted by Gasteiger charge is -2.32. The summed E-state index contributed by atoms with van der Waals surface area (Å²) in [4.78, 5) is 33.4. The molecule has 0 bridgehead atoms. The van der Waals surface area contributed by atoms with Gasteiger partial charge in [-0.3, -0.25) is 14.9 Å². The molecule has 0 aliphatic carbocycles. The number of nitrogens with one attached hydrogen (secondary N) is 1. The summed E-state index contributed by atoms with van der Waals surface area (Å²) in [7, 11) is 0. The Kier molecular flexibility index (Phi) is 6.12. The van der Waals surface area contributed by atoms with E-state index >= 15 is 0 Å². The Bertz CT molecular complexity index is 1150. The molecule has 8 nitrogen and oxygen atoms in total. The Hall–Kier alpha value is -3.76. The van der Waals surface area contributed by atoms with Crippen LogP contribution >= 0.6 is 0 Å². The van der Waals surface area contributed by atoms with Gasteiger partial charge in [0.15, 0.2) is 0 Å². The first kappa shape index (κ1) is 22.4. The minimum atomic E-state index is -4.62. The number of hydrogen-bond donors (Lipinski definition) is 1. The zero-order valence-electron chi connectivity index (χ0n) is 17.7. The lowest BCUT2D eigenvalue weighted by molar-refractivity contribution is -0.139. The van der Waals surface area contributed by atoms with Crippen LogP contribution in [0.2, 0.25) is 0 Å². The molecule has 1 aliphatic rings. The van der Waals surface area contributed by atoms with Gasteiger partial charge in [-0.15, -0.1) is 0 Å². The highest BCUT2D eigenvalue weighted by atomic mass is 19.4. The van der Waals surface area contributed by atoms with Crippen molar-refractivity contribution in [2.24, 2.45) is 0 Å². The van der Waals surface area contributed by atoms with E-state index in [1.165, 1.54) is 13.1 Å². The largest absolute Gasteiger partial charge is 0.419 e. The van der Waals surface area contributed by atoms with Crippen LogP contribution in [-0.4, -0.2) is 49.6 Å². The van der Waals surface area contributed by atoms with Crippen LogP contribution in [-0.2, 0) is 11.0 Å². The maximum atomic E-state index is 13.5. The average Bonchev–Trinajstić information content (AvgIpc) is 3.28. The molecule has 0 saturated carbocycles. The molecule has 4 rings (SSSR count). The quantitative estimate of drug-likeness (QED) is 0.644. The van der Waals surface area contributed by atoms with Gasteiger partial charge in [0.1, 0.15) is 0 Å². The highest BCUT2D eigenvalue weighted by molar-refractivity contribution is 5.94. The molecule has 1 saturated heterocycles. The number of halogens is 3. The number of hydrogen-bond acceptors (Lipinski definition) is 5. The number of aromatic nitrogens is 4. The molecule has 0 unspecified atom stereocenters. The van der Waals surface area contributed by atoms with Crippen molar-refractivity contribution in [1.82, 2.24) is 24.6 Å². The van der Waals surface area contributed by atoms with Crippen LogP contribution in [0.1, 0.15) is 47.3 Å². The topological polar surface area (TPSA) is 93.0 Å². The first-order valence-corrected chi connectivity index (χ1v) is 10.3. The summed E-state index contributed by atoms with van der Waals surface area (Å²) in [6, 6.07) is 9.33. The van der Waals surface area contributed by atoms with E-state index < -0.39 is 23.6 Å². The number of carbonyl (C=O) groups excluding carboxylic acids is 2. The average molecular weight is 458 g/mol. The number of anilines is 1. The predicted molar refractivity (Wildman–Crippen MR) is 113 cm³/mol. The minimum absolute atomic E-state index is 0.162. The first-order chi connectivity index (χ1) is 15.7. The molecule has 0 atom stereocenters. The molecule has 2 aromatic heterocycles. The van der Waals surface area contributed by atoms with E-state index in [9.17, 15) is 22.8 Å². The van der Waals surface area contributed by atoms with Gasteiger partial charge in [0.05, 0.1) is 28.7 Å². The van der Waals surface area contributed by atoms with Crippen LogP contribution in [0, 0.1) is 0 Å². The lowest BCUT2D eigenvalue weighted by atomic mass is 9.90. The molecular weight excluding hydrogens is 437 g/mol. The second kappa shape index (κ2) is 9.00. The van der Waals surface area contributed by atoms with Gasteiger partial charge in [0.2, 0.25) is 11.9 Å². The molecule has 1 aliphatic heterocycles. The molecular formula is C22H21F3N6O2. The monoisotopic (exact) mass is 458 g/mol. The molecule has 172 valence electrons. The Morgan fingerprint density at radius 1 is 1.09 bits per heavy atom. The summed E-state index contributed by atoms with van der Waals surface area (Å²) in [5.74, 6) is -1.39. The van der Waals surface area contributed by atoms with Gasteiger partial charge in [-0.2, -0.15) is 18.3 Å². The third-order valence-corrected chi connectivity index (χ3v) is 5.43. The van der Waals surface area contributed by atoms with Crippen molar-refractivity contribution in [2.45, 2.75) is 31.9 Å². The van der Waals surface area contributed by atoms with Crippen molar-refractivity contribution < 1.29 is 22.8 Å². The molecule has 3 heterocycles. The van der Waals surface area contributed by atoms with E-state index in [2.05, 4.69) is 20.4 Å². The Labute approximate surface area is 187 Å². The van der Waals surface area contributed by atoms with Crippen molar-refractivity contribution in [2.75, 3.05) is 18.4 Å². The fourth-order valence-electron chi connectivity index (χ4n) is 3.84. The van der Waals surface area contributed by atoms with Gasteiger partial charge in [-0.1, -0.05) is 18.2 Å². The maximum absolute atomic E-state index is 13.5. The number of carbonyl (C=O) groups is 2. The van der Waals surface area contributed by atoms with Gasteiger partial charge >= 0.3 is 6.18 Å². The van der Waals surface area contributed by atoms with Crippen molar-refractivity contribution in [3.8, 4) is 5.69 Å². The second-order valence-electron chi connectivity index (χ2n) is 7.75. The molecule has 0 spiro atoms. The van der Waals surface area contributed by atoms with Gasteiger partial charge in [-0.05, 0) is 25.0 Å². The van der Waals surface area contributed by atoms with E-state index in [-0.39, 0.29) is 30.6 Å². The maximum Gasteiger partial charge on any atom is 0.419 e. The third-order valence-electron chi connectivity index (χ3n) is 5.43. The van der Waals surface area contributed by atoms with Crippen molar-refractivity contribution in [3.63, 3.8) is 0 Å². The SMILES string of the molecule is CC(=O)Nc1ncc(C(F)(F)F)c(C2CCN(C(=O)c3cnn(-c4ccccc4)c3)CC2)n1. The fraction of sp³-hybridized carbons (Fsp3) is 0.318. The number of alkyl halides is 3. The summed E-state index contributed by atoms with van der Waals surface area (Å²) in [6.07, 6.45) is -0.203. The smallest absolute Gasteiger partial charge is 0.339 e. The number of benzene rings is 1. The summed E-state index contributed by atoms with van der Waals surface area (Å²) >= 11 is 0. The van der Waals surface area contributed by atoms with Crippen molar-refractivity contribution in [3.05, 3.63) is 65.7 Å². The Morgan fingerprint density at radius 2 is 1.79 bits per heavy atom. The van der Waals surface area contributed by atoms with Crippen LogP contribution in [0.5, 0.6) is 0 Å². The number of piperidine rings is 1. The molecule has 2 amide bonds. The normalized spacial score (nSPS) is 14.8. The zero-order valence-corrected chi connectivity index (χ0v) is 17.7. The van der Waals surface area contributed by atoms with Gasteiger partial charge in [0, 0.05) is 38.3 Å². The summed E-state index contributed by atoms with van der Waals surface area (Å²) in [5, 5.41) is 6.55. The van der Waals surface area contributed by atoms with Crippen LogP contribution < -0.4 is 5.32 Å². The molecule has 1 aromatic carbocycles. The number of rotatable bonds is 4. The number of para-hydroxylation sites is 1. The minimum Gasteiger partial charge on any atom is -0.339 e. The van der Waals surface area contributed by atoms with Gasteiger partial charge in [0.25, 0.3) is 5.91 Å². The molecule has 33 heavy (non-hydrogen) atoms. The predicted octanol–water partition coefficient (Wildman–Crippen LogP) is 3.66. The summed E-state index contributed by atoms with van der Waals surface area (Å²) in [5.41, 5.74) is 0.132. The van der Waals surface area contributed by atoms with E-state index in [4.69, 9.17) is 0 Å². The zero-order chi connectivity index (χ0) is 23.6. The van der Waals surface area contributed by atoms with E-state index in [1.54, 1.807) is 15.8 Å². The Morgan fingerprint density at radius 3 is 2.42 bits per heavy atom. The first-order valence-electron chi connectivity index (χ1n) is 10.3. The molecule has 1 fully saturated rings. The van der Waals surface area contributed by atoms with Crippen LogP contribution in [0.25, 0.3) is 5.69 Å². The van der Waals surface area contributed by atoms with Crippen LogP contribution in [0.15, 0.2) is 48.9 Å². The second-order valence-corrected chi connectivity index (χ2v) is 7.75. The number of nitrogens with zero attached hydrogens (tertiary/aromatic N) is 5. The highest BCUT2D eigenvalue weighted by Gasteiger charge is 2.38. The van der Waals surface area contributed by atoms with Crippen molar-refractivity contribution >= 4 is 17.8 Å². The summed E-state index contributed by atoms with van der Waals surface area (Å²) < 4.78 is 42.2. The third kappa shape index (κ3) is 5.02. The molecule has 1 N–H and O–H groups in total. The standard InChI is InChI=1S/C22H21F3N6O2/c1-14(32)28-21-26-12-18(22(23,24)25)19(29-21)15-7-9-30(10-8-15)20(33)16-11-27-31(13-16)17-5-3-2-4-6-17/h2-6,11-13,15H,7-10H2,1H3,(H,26,28,29,32).